The predicted molar refractivity (Wildman–Crippen MR) is 60.3 cm³/mol. The van der Waals surface area contributed by atoms with E-state index in [0.717, 1.165) is 36.5 Å². The molecule has 4 heteroatoms. The number of hydrogen-bond donors (Lipinski definition) is 0. The quantitative estimate of drug-likeness (QED) is 0.735. The van der Waals surface area contributed by atoms with Gasteiger partial charge in [0, 0.05) is 12.8 Å². The lowest BCUT2D eigenvalue weighted by molar-refractivity contribution is 0.00885. The van der Waals surface area contributed by atoms with Crippen molar-refractivity contribution >= 4 is 5.65 Å². The lowest BCUT2D eigenvalue weighted by Crippen LogP contribution is -2.14. The number of aromatic nitrogens is 3. The Morgan fingerprint density at radius 2 is 2.31 bits per heavy atom. The Labute approximate surface area is 94.3 Å². The second kappa shape index (κ2) is 3.87. The summed E-state index contributed by atoms with van der Waals surface area (Å²) in [6.45, 7) is 2.89. The number of rotatable bonds is 1. The largest absolute Gasteiger partial charge is 0.370 e. The van der Waals surface area contributed by atoms with Gasteiger partial charge in [0.05, 0.1) is 0 Å². The van der Waals surface area contributed by atoms with E-state index in [1.807, 2.05) is 16.7 Å². The number of fused-ring (bicyclic) bond motifs is 1. The fraction of sp³-hybridized carbons (Fsp3) is 0.500. The lowest BCUT2D eigenvalue weighted by Gasteiger charge is -2.20. The van der Waals surface area contributed by atoms with Crippen LogP contribution in [-0.2, 0) is 4.74 Å². The average Bonchev–Trinajstić information content (AvgIpc) is 2.75. The lowest BCUT2D eigenvalue weighted by atomic mass is 10.1. The van der Waals surface area contributed by atoms with Gasteiger partial charge in [0.25, 0.3) is 0 Å². The summed E-state index contributed by atoms with van der Waals surface area (Å²) >= 11 is 0. The second-order valence-electron chi connectivity index (χ2n) is 4.30. The molecule has 2 aromatic heterocycles. The Morgan fingerprint density at radius 3 is 3.12 bits per heavy atom. The Bertz CT molecular complexity index is 500. The first-order chi connectivity index (χ1) is 7.86. The van der Waals surface area contributed by atoms with Gasteiger partial charge in [0.15, 0.2) is 11.5 Å². The molecule has 0 aromatic carbocycles. The summed E-state index contributed by atoms with van der Waals surface area (Å²) in [5, 5.41) is 8.49. The highest BCUT2D eigenvalue weighted by Crippen LogP contribution is 2.27. The molecule has 1 aliphatic heterocycles. The normalized spacial score (nSPS) is 21.4. The minimum Gasteiger partial charge on any atom is -0.370 e. The van der Waals surface area contributed by atoms with Gasteiger partial charge in [-0.1, -0.05) is 6.07 Å². The molecule has 1 aliphatic rings. The zero-order valence-electron chi connectivity index (χ0n) is 9.39. The molecule has 84 valence electrons. The van der Waals surface area contributed by atoms with E-state index in [9.17, 15) is 0 Å². The SMILES string of the molecule is Cc1cccn2c(C3CCCCO3)nnc12. The molecule has 4 nitrogen and oxygen atoms in total. The zero-order chi connectivity index (χ0) is 11.0. The molecule has 0 amide bonds. The molecule has 2 aromatic rings. The molecular weight excluding hydrogens is 202 g/mol. The van der Waals surface area contributed by atoms with Gasteiger partial charge >= 0.3 is 0 Å². The van der Waals surface area contributed by atoms with Crippen LogP contribution in [0.25, 0.3) is 5.65 Å². The van der Waals surface area contributed by atoms with Crippen molar-refractivity contribution in [3.63, 3.8) is 0 Å². The van der Waals surface area contributed by atoms with Crippen LogP contribution >= 0.6 is 0 Å². The molecule has 0 bridgehead atoms. The molecule has 0 saturated carbocycles. The van der Waals surface area contributed by atoms with Gasteiger partial charge in [-0.2, -0.15) is 0 Å². The van der Waals surface area contributed by atoms with Crippen LogP contribution in [0.3, 0.4) is 0 Å². The standard InChI is InChI=1S/C12H15N3O/c1-9-5-4-7-15-11(9)13-14-12(15)10-6-2-3-8-16-10/h4-5,7,10H,2-3,6,8H2,1H3. The van der Waals surface area contributed by atoms with Crippen LogP contribution in [0, 0.1) is 6.92 Å². The summed E-state index contributed by atoms with van der Waals surface area (Å²) in [5.74, 6) is 0.943. The van der Waals surface area contributed by atoms with Crippen molar-refractivity contribution in [2.24, 2.45) is 0 Å². The van der Waals surface area contributed by atoms with E-state index in [0.29, 0.717) is 0 Å². The Balaban J connectivity index is 2.06. The topological polar surface area (TPSA) is 39.4 Å². The third kappa shape index (κ3) is 1.50. The molecule has 0 N–H and O–H groups in total. The number of ether oxygens (including phenoxy) is 1. The van der Waals surface area contributed by atoms with Gasteiger partial charge in [0.1, 0.15) is 6.10 Å². The summed E-state index contributed by atoms with van der Waals surface area (Å²) in [6, 6.07) is 4.08. The zero-order valence-corrected chi connectivity index (χ0v) is 9.39. The number of hydrogen-bond acceptors (Lipinski definition) is 3. The number of nitrogens with zero attached hydrogens (tertiary/aromatic N) is 3. The molecule has 1 unspecified atom stereocenters. The Kier molecular flexibility index (Phi) is 2.36. The van der Waals surface area contributed by atoms with Crippen molar-refractivity contribution in [1.29, 1.82) is 0 Å². The summed E-state index contributed by atoms with van der Waals surface area (Å²) in [7, 11) is 0. The summed E-state index contributed by atoms with van der Waals surface area (Å²) < 4.78 is 7.79. The van der Waals surface area contributed by atoms with Gasteiger partial charge in [-0.05, 0) is 37.8 Å². The van der Waals surface area contributed by atoms with Crippen LogP contribution in [0.5, 0.6) is 0 Å². The molecular formula is C12H15N3O. The molecule has 3 heterocycles. The van der Waals surface area contributed by atoms with E-state index >= 15 is 0 Å². The van der Waals surface area contributed by atoms with Crippen molar-refractivity contribution < 1.29 is 4.74 Å². The molecule has 1 fully saturated rings. The smallest absolute Gasteiger partial charge is 0.166 e. The van der Waals surface area contributed by atoms with E-state index in [2.05, 4.69) is 23.2 Å². The van der Waals surface area contributed by atoms with Crippen LogP contribution in [0.1, 0.15) is 36.8 Å². The first-order valence-electron chi connectivity index (χ1n) is 5.78. The van der Waals surface area contributed by atoms with E-state index in [1.165, 1.54) is 6.42 Å². The van der Waals surface area contributed by atoms with Crippen LogP contribution in [0.2, 0.25) is 0 Å². The third-order valence-corrected chi connectivity index (χ3v) is 3.12. The van der Waals surface area contributed by atoms with Crippen molar-refractivity contribution in [3.8, 4) is 0 Å². The summed E-state index contributed by atoms with van der Waals surface area (Å²) in [6.07, 6.45) is 5.55. The molecule has 1 saturated heterocycles. The highest BCUT2D eigenvalue weighted by molar-refractivity contribution is 5.46. The van der Waals surface area contributed by atoms with Gasteiger partial charge in [-0.15, -0.1) is 10.2 Å². The van der Waals surface area contributed by atoms with Crippen molar-refractivity contribution in [2.75, 3.05) is 6.61 Å². The fourth-order valence-corrected chi connectivity index (χ4v) is 2.23. The highest BCUT2D eigenvalue weighted by atomic mass is 16.5. The first kappa shape index (κ1) is 9.78. The van der Waals surface area contributed by atoms with Crippen LogP contribution in [0.15, 0.2) is 18.3 Å². The van der Waals surface area contributed by atoms with Crippen LogP contribution in [-0.4, -0.2) is 21.2 Å². The minimum absolute atomic E-state index is 0.116. The number of aryl methyl sites for hydroxylation is 1. The van der Waals surface area contributed by atoms with E-state index < -0.39 is 0 Å². The molecule has 3 rings (SSSR count). The molecule has 0 radical (unpaired) electrons. The number of pyridine rings is 1. The molecule has 0 spiro atoms. The van der Waals surface area contributed by atoms with Crippen LogP contribution in [0.4, 0.5) is 0 Å². The van der Waals surface area contributed by atoms with E-state index in [-0.39, 0.29) is 6.10 Å². The predicted octanol–water partition coefficient (Wildman–Crippen LogP) is 2.28. The molecule has 0 aliphatic carbocycles. The van der Waals surface area contributed by atoms with Crippen molar-refractivity contribution in [1.82, 2.24) is 14.6 Å². The van der Waals surface area contributed by atoms with E-state index in [1.54, 1.807) is 0 Å². The van der Waals surface area contributed by atoms with Crippen LogP contribution < -0.4 is 0 Å². The van der Waals surface area contributed by atoms with Crippen molar-refractivity contribution in [3.05, 3.63) is 29.7 Å². The third-order valence-electron chi connectivity index (χ3n) is 3.12. The fourth-order valence-electron chi connectivity index (χ4n) is 2.23. The maximum Gasteiger partial charge on any atom is 0.166 e. The highest BCUT2D eigenvalue weighted by Gasteiger charge is 2.21. The summed E-state index contributed by atoms with van der Waals surface area (Å²) in [4.78, 5) is 0. The van der Waals surface area contributed by atoms with Gasteiger partial charge in [0.2, 0.25) is 0 Å². The Hall–Kier alpha value is -1.42. The first-order valence-corrected chi connectivity index (χ1v) is 5.78. The monoisotopic (exact) mass is 217 g/mol. The minimum atomic E-state index is 0.116. The maximum absolute atomic E-state index is 5.75. The average molecular weight is 217 g/mol. The van der Waals surface area contributed by atoms with Crippen molar-refractivity contribution in [2.45, 2.75) is 32.3 Å². The molecule has 16 heavy (non-hydrogen) atoms. The van der Waals surface area contributed by atoms with Gasteiger partial charge in [-0.3, -0.25) is 4.40 Å². The van der Waals surface area contributed by atoms with Gasteiger partial charge in [-0.25, -0.2) is 0 Å². The summed E-state index contributed by atoms with van der Waals surface area (Å²) in [5.41, 5.74) is 2.09. The van der Waals surface area contributed by atoms with Gasteiger partial charge < -0.3 is 4.74 Å². The maximum atomic E-state index is 5.75. The van der Waals surface area contributed by atoms with E-state index in [4.69, 9.17) is 4.74 Å². The Morgan fingerprint density at radius 1 is 1.38 bits per heavy atom. The second-order valence-corrected chi connectivity index (χ2v) is 4.30. The molecule has 1 atom stereocenters.